The lowest BCUT2D eigenvalue weighted by Crippen LogP contribution is -2.44. The Balaban J connectivity index is 1.99. The number of nitrogens with zero attached hydrogens (tertiary/aromatic N) is 1. The van der Waals surface area contributed by atoms with Crippen molar-refractivity contribution in [1.82, 2.24) is 0 Å². The molecule has 0 saturated heterocycles. The van der Waals surface area contributed by atoms with Crippen LogP contribution in [-0.2, 0) is 30.8 Å². The van der Waals surface area contributed by atoms with Gasteiger partial charge in [0.15, 0.2) is 0 Å². The maximum atomic E-state index is 13.7. The number of carboxylic acid groups (broad SMARTS) is 1. The molecule has 1 N–H and O–H groups in total. The molecule has 1 aliphatic heterocycles. The van der Waals surface area contributed by atoms with Crippen molar-refractivity contribution in [2.45, 2.75) is 55.9 Å². The first kappa shape index (κ1) is 28.1. The molecule has 0 amide bonds. The minimum atomic E-state index is -4.78. The van der Waals surface area contributed by atoms with Gasteiger partial charge in [-0.25, -0.2) is 8.42 Å². The van der Waals surface area contributed by atoms with Crippen LogP contribution in [0.5, 0.6) is 11.5 Å². The van der Waals surface area contributed by atoms with Crippen LogP contribution in [0.15, 0.2) is 47.4 Å². The molecule has 0 aliphatic carbocycles. The Bertz CT molecular complexity index is 1280. The van der Waals surface area contributed by atoms with Crippen LogP contribution in [0, 0.1) is 0 Å². The number of rotatable bonds is 9. The van der Waals surface area contributed by atoms with E-state index in [1.54, 1.807) is 6.07 Å². The van der Waals surface area contributed by atoms with Gasteiger partial charge >= 0.3 is 18.1 Å². The standard InChI is InChI=1S/C24H26F3NO8S/c1-23(2,24(25,26)27)36-22(31)13-15-8-10-18-17(12-15)28(14-16(35-18)9-11-21(29)30)37(32,33)20-7-5-4-6-19(20)34-3/h4-8,10,12,16H,9,11,13-14H2,1-3H3,(H,29,30)/t16-/m0/s1. The zero-order valence-corrected chi connectivity index (χ0v) is 21.1. The molecule has 0 saturated carbocycles. The Morgan fingerprint density at radius 3 is 2.46 bits per heavy atom. The average molecular weight is 546 g/mol. The molecule has 0 unspecified atom stereocenters. The van der Waals surface area contributed by atoms with Gasteiger partial charge in [-0.05, 0) is 50.1 Å². The number of carbonyl (C=O) groups excluding carboxylic acids is 1. The van der Waals surface area contributed by atoms with Gasteiger partial charge < -0.3 is 19.3 Å². The highest BCUT2D eigenvalue weighted by molar-refractivity contribution is 7.93. The highest BCUT2D eigenvalue weighted by Crippen LogP contribution is 2.40. The number of carboxylic acids is 1. The first-order valence-corrected chi connectivity index (χ1v) is 12.6. The average Bonchev–Trinajstić information content (AvgIpc) is 2.81. The molecule has 1 heterocycles. The lowest BCUT2D eigenvalue weighted by atomic mass is 10.1. The number of sulfonamides is 1. The summed E-state index contributed by atoms with van der Waals surface area (Å²) >= 11 is 0. The van der Waals surface area contributed by atoms with E-state index in [0.717, 1.165) is 18.2 Å². The third kappa shape index (κ3) is 6.27. The Hall–Kier alpha value is -3.48. The zero-order chi connectivity index (χ0) is 27.6. The molecular weight excluding hydrogens is 519 g/mol. The number of esters is 1. The molecule has 3 rings (SSSR count). The van der Waals surface area contributed by atoms with Gasteiger partial charge in [0, 0.05) is 6.42 Å². The number of benzene rings is 2. The van der Waals surface area contributed by atoms with Gasteiger partial charge in [-0.2, -0.15) is 13.2 Å². The predicted octanol–water partition coefficient (Wildman–Crippen LogP) is 3.94. The molecule has 37 heavy (non-hydrogen) atoms. The van der Waals surface area contributed by atoms with Crippen LogP contribution < -0.4 is 13.8 Å². The largest absolute Gasteiger partial charge is 0.495 e. The summed E-state index contributed by atoms with van der Waals surface area (Å²) in [6.07, 6.45) is -6.37. The molecule has 9 nitrogen and oxygen atoms in total. The number of halogens is 3. The van der Waals surface area contributed by atoms with E-state index in [0.29, 0.717) is 0 Å². The monoisotopic (exact) mass is 545 g/mol. The number of ether oxygens (including phenoxy) is 3. The minimum absolute atomic E-state index is 0.0212. The van der Waals surface area contributed by atoms with Crippen molar-refractivity contribution in [1.29, 1.82) is 0 Å². The summed E-state index contributed by atoms with van der Waals surface area (Å²) in [4.78, 5) is 23.2. The summed E-state index contributed by atoms with van der Waals surface area (Å²) in [5.41, 5.74) is -2.48. The third-order valence-corrected chi connectivity index (χ3v) is 7.49. The Labute approximate surface area is 211 Å². The van der Waals surface area contributed by atoms with E-state index >= 15 is 0 Å². The van der Waals surface area contributed by atoms with Crippen LogP contribution in [0.4, 0.5) is 18.9 Å². The summed E-state index contributed by atoms with van der Waals surface area (Å²) in [6.45, 7) is 1.21. The molecule has 1 atom stereocenters. The van der Waals surface area contributed by atoms with E-state index in [2.05, 4.69) is 4.74 Å². The molecule has 202 valence electrons. The Morgan fingerprint density at radius 2 is 1.84 bits per heavy atom. The third-order valence-electron chi connectivity index (χ3n) is 5.67. The van der Waals surface area contributed by atoms with Crippen molar-refractivity contribution in [3.63, 3.8) is 0 Å². The van der Waals surface area contributed by atoms with E-state index in [1.165, 1.54) is 43.5 Å². The molecule has 1 aliphatic rings. The lowest BCUT2D eigenvalue weighted by Gasteiger charge is -2.36. The Kier molecular flexibility index (Phi) is 7.96. The molecule has 0 spiro atoms. The highest BCUT2D eigenvalue weighted by Gasteiger charge is 2.50. The molecule has 0 aromatic heterocycles. The lowest BCUT2D eigenvalue weighted by molar-refractivity contribution is -0.257. The van der Waals surface area contributed by atoms with E-state index in [1.807, 2.05) is 0 Å². The fourth-order valence-electron chi connectivity index (χ4n) is 3.63. The zero-order valence-electron chi connectivity index (χ0n) is 20.2. The highest BCUT2D eigenvalue weighted by atomic mass is 32.2. The van der Waals surface area contributed by atoms with Gasteiger partial charge in [0.25, 0.3) is 10.0 Å². The summed E-state index contributed by atoms with van der Waals surface area (Å²) in [5.74, 6) is -2.05. The van der Waals surface area contributed by atoms with Crippen molar-refractivity contribution >= 4 is 27.6 Å². The molecule has 0 radical (unpaired) electrons. The maximum Gasteiger partial charge on any atom is 0.427 e. The number of fused-ring (bicyclic) bond motifs is 1. The summed E-state index contributed by atoms with van der Waals surface area (Å²) < 4.78 is 83.4. The van der Waals surface area contributed by atoms with Crippen LogP contribution in [0.25, 0.3) is 0 Å². The number of anilines is 1. The number of aliphatic carboxylic acids is 1. The van der Waals surface area contributed by atoms with Gasteiger partial charge in [-0.15, -0.1) is 0 Å². The molecular formula is C24H26F3NO8S. The van der Waals surface area contributed by atoms with Gasteiger partial charge in [-0.3, -0.25) is 13.9 Å². The number of hydrogen-bond acceptors (Lipinski definition) is 7. The number of methoxy groups -OCH3 is 1. The van der Waals surface area contributed by atoms with Crippen LogP contribution in [0.2, 0.25) is 0 Å². The van der Waals surface area contributed by atoms with Crippen LogP contribution >= 0.6 is 0 Å². The molecule has 13 heteroatoms. The molecule has 2 aromatic rings. The van der Waals surface area contributed by atoms with Gasteiger partial charge in [0.1, 0.15) is 22.5 Å². The smallest absolute Gasteiger partial charge is 0.427 e. The SMILES string of the molecule is COc1ccccc1S(=O)(=O)N1C[C@H](CCC(=O)O)Oc2ccc(CC(=O)OC(C)(C)C(F)(F)F)cc21. The summed E-state index contributed by atoms with van der Waals surface area (Å²) in [6, 6.07) is 10.00. The van der Waals surface area contributed by atoms with Crippen molar-refractivity contribution < 1.29 is 50.5 Å². The summed E-state index contributed by atoms with van der Waals surface area (Å²) in [7, 11) is -2.96. The number of para-hydroxylation sites is 1. The topological polar surface area (TPSA) is 119 Å². The second kappa shape index (κ2) is 10.5. The Morgan fingerprint density at radius 1 is 1.16 bits per heavy atom. The normalized spacial score (nSPS) is 15.9. The molecule has 0 fully saturated rings. The van der Waals surface area contributed by atoms with Gasteiger partial charge in [-0.1, -0.05) is 18.2 Å². The van der Waals surface area contributed by atoms with Gasteiger partial charge in [0.2, 0.25) is 5.60 Å². The fourth-order valence-corrected chi connectivity index (χ4v) is 5.28. The summed E-state index contributed by atoms with van der Waals surface area (Å²) in [5, 5.41) is 9.04. The van der Waals surface area contributed by atoms with Crippen molar-refractivity contribution in [3.05, 3.63) is 48.0 Å². The number of hydrogen-bond donors (Lipinski definition) is 1. The van der Waals surface area contributed by atoms with Gasteiger partial charge in [0.05, 0.1) is 25.8 Å². The minimum Gasteiger partial charge on any atom is -0.495 e. The van der Waals surface area contributed by atoms with E-state index < -0.39 is 46.3 Å². The van der Waals surface area contributed by atoms with Crippen LogP contribution in [0.3, 0.4) is 0 Å². The fraction of sp³-hybridized carbons (Fsp3) is 0.417. The molecule has 0 bridgehead atoms. The van der Waals surface area contributed by atoms with E-state index in [9.17, 15) is 31.2 Å². The number of alkyl halides is 3. The second-order valence-corrected chi connectivity index (χ2v) is 10.7. The maximum absolute atomic E-state index is 13.7. The molecule has 2 aromatic carbocycles. The quantitative estimate of drug-likeness (QED) is 0.471. The van der Waals surface area contributed by atoms with Crippen molar-refractivity contribution in [2.75, 3.05) is 18.0 Å². The second-order valence-electron chi connectivity index (χ2n) is 8.82. The predicted molar refractivity (Wildman–Crippen MR) is 125 cm³/mol. The van der Waals surface area contributed by atoms with Crippen molar-refractivity contribution in [3.8, 4) is 11.5 Å². The first-order chi connectivity index (χ1) is 17.2. The van der Waals surface area contributed by atoms with E-state index in [-0.39, 0.29) is 47.0 Å². The van der Waals surface area contributed by atoms with Crippen LogP contribution in [-0.4, -0.2) is 57.0 Å². The van der Waals surface area contributed by atoms with E-state index in [4.69, 9.17) is 14.6 Å². The number of carbonyl (C=O) groups is 2. The first-order valence-electron chi connectivity index (χ1n) is 11.1. The van der Waals surface area contributed by atoms with Crippen molar-refractivity contribution in [2.24, 2.45) is 0 Å². The van der Waals surface area contributed by atoms with Crippen LogP contribution in [0.1, 0.15) is 32.3 Å².